The molecule has 3 rings (SSSR count). The largest absolute Gasteiger partial charge is 0.497 e. The zero-order valence-corrected chi connectivity index (χ0v) is 14.9. The van der Waals surface area contributed by atoms with E-state index >= 15 is 0 Å². The van der Waals surface area contributed by atoms with E-state index in [9.17, 15) is 14.4 Å². The van der Waals surface area contributed by atoms with E-state index < -0.39 is 12.1 Å². The summed E-state index contributed by atoms with van der Waals surface area (Å²) in [6, 6.07) is 9.61. The topological polar surface area (TPSA) is 101 Å². The van der Waals surface area contributed by atoms with Crippen LogP contribution in [0.3, 0.4) is 0 Å². The van der Waals surface area contributed by atoms with Crippen LogP contribution in [0.2, 0.25) is 0 Å². The van der Waals surface area contributed by atoms with Crippen LogP contribution in [-0.2, 0) is 22.7 Å². The second-order valence-electron chi connectivity index (χ2n) is 6.17. The summed E-state index contributed by atoms with van der Waals surface area (Å²) < 4.78 is 10.3. The Morgan fingerprint density at radius 3 is 2.89 bits per heavy atom. The number of hydrogen-bond donors (Lipinski definition) is 2. The first-order chi connectivity index (χ1) is 13.1. The number of hydrogen-bond acceptors (Lipinski definition) is 5. The maximum Gasteiger partial charge on any atom is 0.325 e. The molecule has 2 aromatic rings. The van der Waals surface area contributed by atoms with Gasteiger partial charge in [-0.25, -0.2) is 4.79 Å². The zero-order chi connectivity index (χ0) is 19.2. The van der Waals surface area contributed by atoms with E-state index in [1.165, 1.54) is 6.26 Å². The smallest absolute Gasteiger partial charge is 0.325 e. The summed E-state index contributed by atoms with van der Waals surface area (Å²) in [6.07, 6.45) is 1.86. The van der Waals surface area contributed by atoms with Gasteiger partial charge in [0, 0.05) is 13.0 Å². The minimum atomic E-state index is -0.699. The van der Waals surface area contributed by atoms with Crippen molar-refractivity contribution in [1.29, 1.82) is 0 Å². The molecule has 0 saturated carbocycles. The molecule has 0 bridgehead atoms. The van der Waals surface area contributed by atoms with Gasteiger partial charge in [-0.3, -0.25) is 14.5 Å². The number of amides is 4. The average molecular weight is 371 g/mol. The van der Waals surface area contributed by atoms with Crippen LogP contribution in [0, 0.1) is 0 Å². The van der Waals surface area contributed by atoms with E-state index in [4.69, 9.17) is 9.15 Å². The summed E-state index contributed by atoms with van der Waals surface area (Å²) in [4.78, 5) is 37.5. The molecule has 1 aliphatic heterocycles. The molecule has 0 unspecified atom stereocenters. The van der Waals surface area contributed by atoms with Gasteiger partial charge in [0.1, 0.15) is 17.6 Å². The number of urea groups is 1. The molecule has 1 aliphatic rings. The molecule has 8 nitrogen and oxygen atoms in total. The van der Waals surface area contributed by atoms with Crippen LogP contribution in [-0.4, -0.2) is 35.9 Å². The Morgan fingerprint density at radius 1 is 1.30 bits per heavy atom. The van der Waals surface area contributed by atoms with Crippen molar-refractivity contribution < 1.29 is 23.5 Å². The van der Waals surface area contributed by atoms with E-state index in [1.807, 2.05) is 24.3 Å². The van der Waals surface area contributed by atoms with Crippen molar-refractivity contribution in [3.8, 4) is 5.75 Å². The van der Waals surface area contributed by atoms with Gasteiger partial charge in [-0.2, -0.15) is 0 Å². The Kier molecular flexibility index (Phi) is 5.75. The normalized spacial score (nSPS) is 16.3. The maximum atomic E-state index is 12.4. The van der Waals surface area contributed by atoms with Crippen LogP contribution in [0.25, 0.3) is 0 Å². The minimum Gasteiger partial charge on any atom is -0.497 e. The van der Waals surface area contributed by atoms with Crippen LogP contribution in [0.1, 0.15) is 24.2 Å². The molecule has 1 aromatic heterocycles. The summed E-state index contributed by atoms with van der Waals surface area (Å²) in [5.41, 5.74) is 0.914. The Balaban J connectivity index is 1.45. The van der Waals surface area contributed by atoms with Crippen LogP contribution in [0.4, 0.5) is 4.79 Å². The van der Waals surface area contributed by atoms with Crippen molar-refractivity contribution in [3.63, 3.8) is 0 Å². The zero-order valence-electron chi connectivity index (χ0n) is 14.9. The molecular weight excluding hydrogens is 350 g/mol. The predicted molar refractivity (Wildman–Crippen MR) is 95.7 cm³/mol. The fourth-order valence-corrected chi connectivity index (χ4v) is 2.83. The summed E-state index contributed by atoms with van der Waals surface area (Å²) in [5.74, 6) is 0.703. The minimum absolute atomic E-state index is 0.0796. The lowest BCUT2D eigenvalue weighted by molar-refractivity contribution is -0.128. The molecular formula is C19H21N3O5. The second kappa shape index (κ2) is 8.39. The third-order valence-electron chi connectivity index (χ3n) is 4.28. The van der Waals surface area contributed by atoms with E-state index in [1.54, 1.807) is 19.2 Å². The average Bonchev–Trinajstić information content (AvgIpc) is 3.28. The lowest BCUT2D eigenvalue weighted by Gasteiger charge is -2.11. The van der Waals surface area contributed by atoms with Gasteiger partial charge in [0.2, 0.25) is 5.91 Å². The van der Waals surface area contributed by atoms with Gasteiger partial charge < -0.3 is 19.8 Å². The van der Waals surface area contributed by atoms with Gasteiger partial charge in [0.05, 0.1) is 19.9 Å². The van der Waals surface area contributed by atoms with E-state index in [0.29, 0.717) is 12.3 Å². The van der Waals surface area contributed by atoms with Crippen LogP contribution >= 0.6 is 0 Å². The Morgan fingerprint density at radius 2 is 2.15 bits per heavy atom. The van der Waals surface area contributed by atoms with E-state index in [2.05, 4.69) is 10.6 Å². The first-order valence-corrected chi connectivity index (χ1v) is 8.60. The SMILES string of the molecule is COc1cccc(CNC(=O)CC[C@H]2NC(=O)N(Cc3ccco3)C2=O)c1. The quantitative estimate of drug-likeness (QED) is 0.689. The van der Waals surface area contributed by atoms with Gasteiger partial charge in [0.25, 0.3) is 5.91 Å². The van der Waals surface area contributed by atoms with Gasteiger partial charge in [-0.1, -0.05) is 12.1 Å². The number of ether oxygens (including phenoxy) is 1. The lowest BCUT2D eigenvalue weighted by Crippen LogP contribution is -2.32. The molecule has 1 aromatic carbocycles. The van der Waals surface area contributed by atoms with Crippen molar-refractivity contribution in [1.82, 2.24) is 15.5 Å². The summed E-state index contributed by atoms with van der Waals surface area (Å²) >= 11 is 0. The van der Waals surface area contributed by atoms with Crippen molar-refractivity contribution in [2.45, 2.75) is 32.0 Å². The number of carbonyl (C=O) groups excluding carboxylic acids is 3. The second-order valence-corrected chi connectivity index (χ2v) is 6.17. The molecule has 0 aliphatic carbocycles. The summed E-state index contributed by atoms with van der Waals surface area (Å²) in [6.45, 7) is 0.446. The van der Waals surface area contributed by atoms with Crippen molar-refractivity contribution in [3.05, 3.63) is 54.0 Å². The number of benzene rings is 1. The lowest BCUT2D eigenvalue weighted by atomic mass is 10.1. The highest BCUT2D eigenvalue weighted by Gasteiger charge is 2.38. The maximum absolute atomic E-state index is 12.4. The Labute approximate surface area is 156 Å². The number of rotatable bonds is 8. The number of methoxy groups -OCH3 is 1. The fourth-order valence-electron chi connectivity index (χ4n) is 2.83. The fraction of sp³-hybridized carbons (Fsp3) is 0.316. The van der Waals surface area contributed by atoms with E-state index in [-0.39, 0.29) is 31.2 Å². The molecule has 142 valence electrons. The number of carbonyl (C=O) groups is 3. The molecule has 1 saturated heterocycles. The van der Waals surface area contributed by atoms with Crippen molar-refractivity contribution in [2.24, 2.45) is 0 Å². The number of furan rings is 1. The van der Waals surface area contributed by atoms with Gasteiger partial charge in [0.15, 0.2) is 0 Å². The van der Waals surface area contributed by atoms with Gasteiger partial charge >= 0.3 is 6.03 Å². The highest BCUT2D eigenvalue weighted by atomic mass is 16.5. The van der Waals surface area contributed by atoms with E-state index in [0.717, 1.165) is 16.2 Å². The Hall–Kier alpha value is -3.29. The van der Waals surface area contributed by atoms with Crippen molar-refractivity contribution >= 4 is 17.8 Å². The summed E-state index contributed by atoms with van der Waals surface area (Å²) in [5, 5.41) is 5.41. The Bertz CT molecular complexity index is 819. The molecule has 27 heavy (non-hydrogen) atoms. The molecule has 1 atom stereocenters. The van der Waals surface area contributed by atoms with Crippen molar-refractivity contribution in [2.75, 3.05) is 7.11 Å². The number of nitrogens with zero attached hydrogens (tertiary/aromatic N) is 1. The third-order valence-corrected chi connectivity index (χ3v) is 4.28. The molecule has 0 spiro atoms. The predicted octanol–water partition coefficient (Wildman–Crippen LogP) is 1.81. The molecule has 2 heterocycles. The van der Waals surface area contributed by atoms with Crippen LogP contribution in [0.5, 0.6) is 5.75 Å². The molecule has 4 amide bonds. The van der Waals surface area contributed by atoms with Crippen LogP contribution < -0.4 is 15.4 Å². The summed E-state index contributed by atoms with van der Waals surface area (Å²) in [7, 11) is 1.58. The highest BCUT2D eigenvalue weighted by Crippen LogP contribution is 2.16. The third kappa shape index (κ3) is 4.66. The monoisotopic (exact) mass is 371 g/mol. The van der Waals surface area contributed by atoms with Crippen LogP contribution in [0.15, 0.2) is 47.1 Å². The highest BCUT2D eigenvalue weighted by molar-refractivity contribution is 6.04. The first-order valence-electron chi connectivity index (χ1n) is 8.60. The number of imide groups is 1. The first kappa shape index (κ1) is 18.5. The molecule has 0 radical (unpaired) electrons. The molecule has 1 fully saturated rings. The molecule has 8 heteroatoms. The van der Waals surface area contributed by atoms with Gasteiger partial charge in [-0.05, 0) is 36.2 Å². The molecule has 2 N–H and O–H groups in total. The van der Waals surface area contributed by atoms with Gasteiger partial charge in [-0.15, -0.1) is 0 Å². The number of nitrogens with one attached hydrogen (secondary N) is 2. The standard InChI is InChI=1S/C19H21N3O5/c1-26-14-5-2-4-13(10-14)11-20-17(23)8-7-16-18(24)22(19(25)21-16)12-15-6-3-9-27-15/h2-6,9-10,16H,7-8,11-12H2,1H3,(H,20,23)(H,21,25)/t16-/m1/s1.